The maximum atomic E-state index is 12.2. The topological polar surface area (TPSA) is 57.1 Å². The van der Waals surface area contributed by atoms with Crippen molar-refractivity contribution in [2.75, 3.05) is 13.7 Å². The predicted octanol–water partition coefficient (Wildman–Crippen LogP) is 5.67. The van der Waals surface area contributed by atoms with Gasteiger partial charge in [-0.25, -0.2) is 9.79 Å². The van der Waals surface area contributed by atoms with Crippen LogP contribution in [0, 0.1) is 0 Å². The quantitative estimate of drug-likeness (QED) is 0.302. The molecule has 144 valence electrons. The fourth-order valence-electron chi connectivity index (χ4n) is 2.43. The number of nitrogens with zero attached hydrogens (tertiary/aromatic N) is 1. The standard InChI is InChI=1S/C20H14BrCl2NO4/c1-3-6-27-18-13(21)7-11(9-17(18)26-2)8-16-20(25)28-19(24-16)12-4-5-14(22)15(23)10-12/h3-5,7-10H,1,6H2,2H3/b16-8-. The highest BCUT2D eigenvalue weighted by Crippen LogP contribution is 2.37. The molecule has 0 fully saturated rings. The summed E-state index contributed by atoms with van der Waals surface area (Å²) in [4.78, 5) is 16.5. The van der Waals surface area contributed by atoms with E-state index in [1.54, 1.807) is 42.5 Å². The molecule has 0 unspecified atom stereocenters. The third-order valence-corrected chi connectivity index (χ3v) is 5.02. The molecule has 1 heterocycles. The van der Waals surface area contributed by atoms with Gasteiger partial charge in [-0.1, -0.05) is 35.9 Å². The van der Waals surface area contributed by atoms with Crippen molar-refractivity contribution in [3.8, 4) is 11.5 Å². The van der Waals surface area contributed by atoms with Crippen LogP contribution in [0.15, 0.2) is 58.1 Å². The summed E-state index contributed by atoms with van der Waals surface area (Å²) in [5.74, 6) is 0.636. The lowest BCUT2D eigenvalue weighted by Crippen LogP contribution is -2.05. The molecule has 0 saturated carbocycles. The van der Waals surface area contributed by atoms with Crippen LogP contribution in [0.4, 0.5) is 0 Å². The summed E-state index contributed by atoms with van der Waals surface area (Å²) in [5, 5.41) is 0.751. The molecule has 0 spiro atoms. The summed E-state index contributed by atoms with van der Waals surface area (Å²) in [6.45, 7) is 3.96. The average molecular weight is 483 g/mol. The number of hydrogen-bond acceptors (Lipinski definition) is 5. The molecule has 0 amide bonds. The van der Waals surface area contributed by atoms with E-state index in [1.807, 2.05) is 0 Å². The van der Waals surface area contributed by atoms with Gasteiger partial charge in [0.2, 0.25) is 5.90 Å². The second kappa shape index (κ2) is 8.82. The predicted molar refractivity (Wildman–Crippen MR) is 113 cm³/mol. The third-order valence-electron chi connectivity index (χ3n) is 3.69. The van der Waals surface area contributed by atoms with Crippen LogP contribution in [0.25, 0.3) is 6.08 Å². The Balaban J connectivity index is 1.95. The van der Waals surface area contributed by atoms with E-state index in [2.05, 4.69) is 27.5 Å². The van der Waals surface area contributed by atoms with Crippen molar-refractivity contribution in [1.29, 1.82) is 0 Å². The van der Waals surface area contributed by atoms with E-state index in [4.69, 9.17) is 37.4 Å². The number of ether oxygens (including phenoxy) is 3. The van der Waals surface area contributed by atoms with E-state index >= 15 is 0 Å². The second-order valence-corrected chi connectivity index (χ2v) is 7.27. The van der Waals surface area contributed by atoms with Crippen LogP contribution < -0.4 is 9.47 Å². The molecule has 0 bridgehead atoms. The summed E-state index contributed by atoms with van der Waals surface area (Å²) in [7, 11) is 1.53. The summed E-state index contributed by atoms with van der Waals surface area (Å²) >= 11 is 15.4. The maximum absolute atomic E-state index is 12.2. The van der Waals surface area contributed by atoms with Gasteiger partial charge in [-0.15, -0.1) is 0 Å². The number of rotatable bonds is 6. The Morgan fingerprint density at radius 3 is 2.71 bits per heavy atom. The molecule has 0 atom stereocenters. The molecular formula is C20H14BrCl2NO4. The molecule has 0 aliphatic carbocycles. The second-order valence-electron chi connectivity index (χ2n) is 5.60. The number of aliphatic imine (C=N–C) groups is 1. The van der Waals surface area contributed by atoms with Gasteiger partial charge in [0.1, 0.15) is 6.61 Å². The molecule has 1 aliphatic heterocycles. The Bertz CT molecular complexity index is 1020. The van der Waals surface area contributed by atoms with Gasteiger partial charge in [0.05, 0.1) is 21.6 Å². The highest BCUT2D eigenvalue weighted by Gasteiger charge is 2.25. The van der Waals surface area contributed by atoms with Crippen LogP contribution in [-0.4, -0.2) is 25.6 Å². The zero-order valence-corrected chi connectivity index (χ0v) is 17.8. The van der Waals surface area contributed by atoms with Gasteiger partial charge in [0.25, 0.3) is 0 Å². The van der Waals surface area contributed by atoms with Crippen LogP contribution in [0.5, 0.6) is 11.5 Å². The molecule has 0 saturated heterocycles. The van der Waals surface area contributed by atoms with Gasteiger partial charge in [-0.3, -0.25) is 0 Å². The maximum Gasteiger partial charge on any atom is 0.363 e. The van der Waals surface area contributed by atoms with Crippen LogP contribution in [0.3, 0.4) is 0 Å². The van der Waals surface area contributed by atoms with Gasteiger partial charge in [0.15, 0.2) is 17.2 Å². The molecule has 5 nitrogen and oxygen atoms in total. The van der Waals surface area contributed by atoms with E-state index in [0.717, 1.165) is 0 Å². The smallest absolute Gasteiger partial charge is 0.363 e. The minimum atomic E-state index is -0.567. The zero-order valence-electron chi connectivity index (χ0n) is 14.7. The molecule has 2 aromatic rings. The fraction of sp³-hybridized carbons (Fsp3) is 0.100. The van der Waals surface area contributed by atoms with Gasteiger partial charge in [0, 0.05) is 5.56 Å². The van der Waals surface area contributed by atoms with Crippen LogP contribution in [-0.2, 0) is 9.53 Å². The molecule has 3 rings (SSSR count). The lowest BCUT2D eigenvalue weighted by molar-refractivity contribution is -0.129. The lowest BCUT2D eigenvalue weighted by Gasteiger charge is -2.12. The molecule has 0 N–H and O–H groups in total. The highest BCUT2D eigenvalue weighted by molar-refractivity contribution is 9.10. The van der Waals surface area contributed by atoms with Gasteiger partial charge in [-0.05, 0) is 57.9 Å². The number of halogens is 3. The number of cyclic esters (lactones) is 1. The first-order valence-corrected chi connectivity index (χ1v) is 9.57. The molecular weight excluding hydrogens is 469 g/mol. The largest absolute Gasteiger partial charge is 0.493 e. The Kier molecular flexibility index (Phi) is 6.44. The van der Waals surface area contributed by atoms with Crippen molar-refractivity contribution < 1.29 is 19.0 Å². The summed E-state index contributed by atoms with van der Waals surface area (Å²) in [6, 6.07) is 8.39. The number of esters is 1. The number of carbonyl (C=O) groups is 1. The SMILES string of the molecule is C=CCOc1c(Br)cc(/C=C2\N=C(c3ccc(Cl)c(Cl)c3)OC2=O)cc1OC. The van der Waals surface area contributed by atoms with Crippen LogP contribution in [0.2, 0.25) is 10.0 Å². The molecule has 2 aromatic carbocycles. The minimum Gasteiger partial charge on any atom is -0.493 e. The van der Waals surface area contributed by atoms with E-state index in [1.165, 1.54) is 7.11 Å². The first-order chi connectivity index (χ1) is 13.4. The van der Waals surface area contributed by atoms with Gasteiger partial charge < -0.3 is 14.2 Å². The van der Waals surface area contributed by atoms with Crippen LogP contribution in [0.1, 0.15) is 11.1 Å². The van der Waals surface area contributed by atoms with Crippen molar-refractivity contribution in [1.82, 2.24) is 0 Å². The normalized spacial score (nSPS) is 14.6. The molecule has 28 heavy (non-hydrogen) atoms. The number of benzene rings is 2. The van der Waals surface area contributed by atoms with Crippen molar-refractivity contribution in [2.24, 2.45) is 4.99 Å². The highest BCUT2D eigenvalue weighted by atomic mass is 79.9. The van der Waals surface area contributed by atoms with E-state index in [9.17, 15) is 4.79 Å². The van der Waals surface area contributed by atoms with Gasteiger partial charge in [-0.2, -0.15) is 0 Å². The fourth-order valence-corrected chi connectivity index (χ4v) is 3.30. The monoisotopic (exact) mass is 481 g/mol. The Hall–Kier alpha value is -2.28. The van der Waals surface area contributed by atoms with Crippen molar-refractivity contribution in [3.05, 3.63) is 74.3 Å². The zero-order chi connectivity index (χ0) is 20.3. The van der Waals surface area contributed by atoms with Gasteiger partial charge >= 0.3 is 5.97 Å². The molecule has 1 aliphatic rings. The van der Waals surface area contributed by atoms with E-state index < -0.39 is 5.97 Å². The summed E-state index contributed by atoms with van der Waals surface area (Å²) in [6.07, 6.45) is 3.23. The number of hydrogen-bond donors (Lipinski definition) is 0. The summed E-state index contributed by atoms with van der Waals surface area (Å²) in [5.41, 5.74) is 1.38. The van der Waals surface area contributed by atoms with Crippen molar-refractivity contribution in [2.45, 2.75) is 0 Å². The first-order valence-electron chi connectivity index (χ1n) is 8.02. The Morgan fingerprint density at radius 1 is 1.25 bits per heavy atom. The van der Waals surface area contributed by atoms with Crippen LogP contribution >= 0.6 is 39.1 Å². The third kappa shape index (κ3) is 4.41. The molecule has 0 radical (unpaired) electrons. The Labute approximate surface area is 180 Å². The molecule has 0 aromatic heterocycles. The van der Waals surface area contributed by atoms with E-state index in [0.29, 0.717) is 43.8 Å². The Morgan fingerprint density at radius 2 is 2.04 bits per heavy atom. The summed E-state index contributed by atoms with van der Waals surface area (Å²) < 4.78 is 16.9. The average Bonchev–Trinajstić information content (AvgIpc) is 3.03. The van der Waals surface area contributed by atoms with E-state index in [-0.39, 0.29) is 11.6 Å². The number of methoxy groups -OCH3 is 1. The number of carbonyl (C=O) groups excluding carboxylic acids is 1. The van der Waals surface area contributed by atoms with Crippen molar-refractivity contribution in [3.63, 3.8) is 0 Å². The van der Waals surface area contributed by atoms with Crippen molar-refractivity contribution >= 4 is 57.1 Å². The molecule has 8 heteroatoms. The first kappa shape index (κ1) is 20.5. The minimum absolute atomic E-state index is 0.148. The lowest BCUT2D eigenvalue weighted by atomic mass is 10.1.